The molecule has 138 valence electrons. The lowest BCUT2D eigenvalue weighted by Crippen LogP contribution is -2.22. The molecule has 7 nitrogen and oxygen atoms in total. The molecule has 0 aromatic rings. The Balaban J connectivity index is 5.89. The first-order valence-corrected chi connectivity index (χ1v) is 11.9. The predicted molar refractivity (Wildman–Crippen MR) is 99.4 cm³/mol. The highest BCUT2D eigenvalue weighted by Gasteiger charge is 2.52. The van der Waals surface area contributed by atoms with Gasteiger partial charge in [-0.3, -0.25) is 9.13 Å². The van der Waals surface area contributed by atoms with Gasteiger partial charge >= 0.3 is 15.2 Å². The van der Waals surface area contributed by atoms with E-state index >= 15 is 0 Å². The van der Waals surface area contributed by atoms with Crippen molar-refractivity contribution in [3.8, 4) is 0 Å². The van der Waals surface area contributed by atoms with Gasteiger partial charge in [0.2, 0.25) is 4.73 Å². The zero-order valence-corrected chi connectivity index (χ0v) is 17.9. The Morgan fingerprint density at radius 2 is 1.22 bits per heavy atom. The zero-order chi connectivity index (χ0) is 18.1. The molecular weight excluding hydrogens is 380 g/mol. The summed E-state index contributed by atoms with van der Waals surface area (Å²) in [5, 5.41) is 0. The largest absolute Gasteiger partial charge is 0.364 e. The molecule has 0 fully saturated rings. The molecule has 0 saturated carbocycles. The minimum Gasteiger partial charge on any atom is -0.364 e. The van der Waals surface area contributed by atoms with E-state index in [0.29, 0.717) is 4.32 Å². The van der Waals surface area contributed by atoms with Gasteiger partial charge in [-0.2, -0.15) is 0 Å². The van der Waals surface area contributed by atoms with Crippen molar-refractivity contribution >= 4 is 43.5 Å². The number of hydrogen-bond acceptors (Lipinski definition) is 8. The summed E-state index contributed by atoms with van der Waals surface area (Å²) in [6.07, 6.45) is 0. The lowest BCUT2D eigenvalue weighted by Gasteiger charge is -2.31. The number of rotatable bonds is 11. The molecule has 0 radical (unpaired) electrons. The average Bonchev–Trinajstić information content (AvgIpc) is 2.45. The van der Waals surface area contributed by atoms with Crippen molar-refractivity contribution in [2.75, 3.05) is 40.5 Å². The fraction of sp³-hybridized carbons (Fsp3) is 0.917. The molecule has 0 aromatic heterocycles. The third-order valence-electron chi connectivity index (χ3n) is 2.35. The summed E-state index contributed by atoms with van der Waals surface area (Å²) < 4.78 is 47.0. The first-order valence-electron chi connectivity index (χ1n) is 7.36. The molecule has 0 saturated heterocycles. The molecule has 23 heavy (non-hydrogen) atoms. The summed E-state index contributed by atoms with van der Waals surface area (Å²) in [7, 11) is -4.05. The van der Waals surface area contributed by atoms with Crippen LogP contribution in [0, 0.1) is 0 Å². The number of nitrogens with zero attached hydrogens (tertiary/aromatic N) is 1. The van der Waals surface area contributed by atoms with Gasteiger partial charge in [0.05, 0.1) is 26.4 Å². The van der Waals surface area contributed by atoms with Gasteiger partial charge in [-0.25, -0.2) is 0 Å². The molecule has 0 amide bonds. The van der Waals surface area contributed by atoms with Crippen molar-refractivity contribution in [3.05, 3.63) is 0 Å². The monoisotopic (exact) mass is 407 g/mol. The van der Waals surface area contributed by atoms with Crippen LogP contribution in [-0.2, 0) is 27.2 Å². The molecule has 0 aromatic carbocycles. The highest BCUT2D eigenvalue weighted by Crippen LogP contribution is 2.74. The summed E-state index contributed by atoms with van der Waals surface area (Å²) in [6.45, 7) is 7.30. The molecule has 0 aliphatic rings. The SMILES string of the molecule is CCOP(=O)(OCC)C(SC(=S)N(C)C)P(=O)(OCC)OCC. The van der Waals surface area contributed by atoms with Crippen LogP contribution in [0.3, 0.4) is 0 Å². The first-order chi connectivity index (χ1) is 10.7. The minimum absolute atomic E-state index is 0.140. The number of thioether (sulfide) groups is 1. The molecule has 0 atom stereocenters. The molecule has 0 aliphatic heterocycles. The van der Waals surface area contributed by atoms with E-state index in [-0.39, 0.29) is 26.4 Å². The Hall–Kier alpha value is 0.540. The van der Waals surface area contributed by atoms with Gasteiger partial charge in [0.15, 0.2) is 0 Å². The summed E-state index contributed by atoms with van der Waals surface area (Å²) in [5.74, 6) is 0. The van der Waals surface area contributed by atoms with E-state index in [0.717, 1.165) is 11.8 Å². The quantitative estimate of drug-likeness (QED) is 0.366. The van der Waals surface area contributed by atoms with Gasteiger partial charge in [0, 0.05) is 14.1 Å². The Bertz CT molecular complexity index is 413. The molecule has 0 rings (SSSR count). The normalized spacial score (nSPS) is 12.7. The van der Waals surface area contributed by atoms with Crippen LogP contribution in [-0.4, -0.2) is 54.5 Å². The summed E-state index contributed by atoms with van der Waals surface area (Å²) >= 11 is 6.21. The van der Waals surface area contributed by atoms with Crippen LogP contribution >= 0.6 is 39.2 Å². The van der Waals surface area contributed by atoms with Crippen molar-refractivity contribution in [2.24, 2.45) is 0 Å². The molecule has 0 unspecified atom stereocenters. The molecule has 0 heterocycles. The van der Waals surface area contributed by atoms with E-state index in [1.807, 2.05) is 0 Å². The maximum Gasteiger partial charge on any atom is 0.356 e. The Morgan fingerprint density at radius 3 is 1.43 bits per heavy atom. The third-order valence-corrected chi connectivity index (χ3v) is 11.2. The molecule has 0 N–H and O–H groups in total. The van der Waals surface area contributed by atoms with E-state index in [4.69, 9.17) is 30.3 Å². The fourth-order valence-electron chi connectivity index (χ4n) is 1.55. The topological polar surface area (TPSA) is 74.3 Å². The van der Waals surface area contributed by atoms with Crippen molar-refractivity contribution in [1.29, 1.82) is 0 Å². The van der Waals surface area contributed by atoms with Crippen LogP contribution in [0.15, 0.2) is 0 Å². The van der Waals surface area contributed by atoms with Gasteiger partial charge in [-0.05, 0) is 27.7 Å². The predicted octanol–water partition coefficient (Wildman–Crippen LogP) is 4.38. The molecule has 0 spiro atoms. The third kappa shape index (κ3) is 7.12. The molecule has 0 bridgehead atoms. The second kappa shape index (κ2) is 11.2. The molecule has 11 heteroatoms. The van der Waals surface area contributed by atoms with Gasteiger partial charge in [-0.15, -0.1) is 0 Å². The Kier molecular flexibility index (Phi) is 11.5. The second-order valence-electron chi connectivity index (χ2n) is 4.36. The van der Waals surface area contributed by atoms with Gasteiger partial charge in [0.25, 0.3) is 0 Å². The van der Waals surface area contributed by atoms with Crippen LogP contribution in [0.5, 0.6) is 0 Å². The minimum atomic E-state index is -3.77. The van der Waals surface area contributed by atoms with Gasteiger partial charge < -0.3 is 23.0 Å². The molecular formula is C12H27NO6P2S2. The summed E-state index contributed by atoms with van der Waals surface area (Å²) in [4.78, 5) is 1.65. The lowest BCUT2D eigenvalue weighted by molar-refractivity contribution is 0.203. The zero-order valence-electron chi connectivity index (χ0n) is 14.5. The van der Waals surface area contributed by atoms with E-state index in [9.17, 15) is 9.13 Å². The maximum absolute atomic E-state index is 13.2. The van der Waals surface area contributed by atoms with Crippen LogP contribution < -0.4 is 0 Å². The first kappa shape index (κ1) is 23.5. The smallest absolute Gasteiger partial charge is 0.356 e. The average molecular weight is 407 g/mol. The van der Waals surface area contributed by atoms with E-state index in [1.165, 1.54) is 0 Å². The van der Waals surface area contributed by atoms with Crippen LogP contribution in [0.25, 0.3) is 0 Å². The number of hydrogen-bond donors (Lipinski definition) is 0. The summed E-state index contributed by atoms with van der Waals surface area (Å²) in [6, 6.07) is 0. The van der Waals surface area contributed by atoms with Crippen molar-refractivity contribution in [2.45, 2.75) is 32.4 Å². The van der Waals surface area contributed by atoms with Crippen LogP contribution in [0.1, 0.15) is 27.7 Å². The van der Waals surface area contributed by atoms with Crippen molar-refractivity contribution in [1.82, 2.24) is 4.90 Å². The number of thiocarbonyl (C=S) groups is 1. The standard InChI is InChI=1S/C12H27NO6P2S2/c1-7-16-20(14,17-8-2)12(23-11(22)13(5)6)21(15,18-9-3)19-10-4/h12H,7-10H2,1-6H3. The van der Waals surface area contributed by atoms with Crippen molar-refractivity contribution in [3.63, 3.8) is 0 Å². The second-order valence-corrected chi connectivity index (χ2v) is 11.4. The molecule has 0 aliphatic carbocycles. The highest BCUT2D eigenvalue weighted by molar-refractivity contribution is 8.29. The van der Waals surface area contributed by atoms with Gasteiger partial charge in [-0.1, -0.05) is 24.0 Å². The van der Waals surface area contributed by atoms with Gasteiger partial charge in [0.1, 0.15) is 4.32 Å². The maximum atomic E-state index is 13.2. The van der Waals surface area contributed by atoms with Crippen LogP contribution in [0.2, 0.25) is 0 Å². The van der Waals surface area contributed by atoms with Crippen LogP contribution in [0.4, 0.5) is 0 Å². The summed E-state index contributed by atoms with van der Waals surface area (Å²) in [5.41, 5.74) is 0. The highest BCUT2D eigenvalue weighted by atomic mass is 32.2. The van der Waals surface area contributed by atoms with E-state index in [2.05, 4.69) is 0 Å². The Labute approximate surface area is 148 Å². The lowest BCUT2D eigenvalue weighted by atomic mass is 10.9. The fourth-order valence-corrected chi connectivity index (χ4v) is 9.30. The Morgan fingerprint density at radius 1 is 0.913 bits per heavy atom. The van der Waals surface area contributed by atoms with E-state index < -0.39 is 19.9 Å². The van der Waals surface area contributed by atoms with Crippen molar-refractivity contribution < 1.29 is 27.2 Å². The van der Waals surface area contributed by atoms with E-state index in [1.54, 1.807) is 46.7 Å².